The maximum Gasteiger partial charge on any atom is 0.251 e. The zero-order valence-electron chi connectivity index (χ0n) is 17.8. The van der Waals surface area contributed by atoms with Crippen LogP contribution in [0.25, 0.3) is 10.9 Å². The van der Waals surface area contributed by atoms with E-state index >= 15 is 0 Å². The lowest BCUT2D eigenvalue weighted by Gasteiger charge is -2.15. The highest BCUT2D eigenvalue weighted by molar-refractivity contribution is 5.93. The van der Waals surface area contributed by atoms with Gasteiger partial charge in [0.1, 0.15) is 18.0 Å². The molecule has 1 heterocycles. The summed E-state index contributed by atoms with van der Waals surface area (Å²) >= 11 is 0. The summed E-state index contributed by atoms with van der Waals surface area (Å²) < 4.78 is 7.31. The van der Waals surface area contributed by atoms with Crippen LogP contribution in [0, 0.1) is 20.8 Å². The zero-order chi connectivity index (χ0) is 22.0. The highest BCUT2D eigenvalue weighted by atomic mass is 16.5. The summed E-state index contributed by atoms with van der Waals surface area (Å²) in [5.41, 5.74) is 4.28. The Morgan fingerprint density at radius 3 is 2.26 bits per heavy atom. The first kappa shape index (κ1) is 20.4. The number of benzene rings is 3. The number of ether oxygens (including phenoxy) is 1. The number of amides is 1. The number of carbonyl (C=O) groups is 1. The number of nitrogens with one attached hydrogen (secondary N) is 1. The Bertz CT molecular complexity index is 1310. The van der Waals surface area contributed by atoms with Crippen LogP contribution in [0.2, 0.25) is 0 Å². The second-order valence-corrected chi connectivity index (χ2v) is 7.72. The molecule has 4 rings (SSSR count). The second-order valence-electron chi connectivity index (χ2n) is 7.72. The lowest BCUT2D eigenvalue weighted by molar-refractivity contribution is -0.116. The van der Waals surface area contributed by atoms with Gasteiger partial charge >= 0.3 is 0 Å². The molecule has 31 heavy (non-hydrogen) atoms. The van der Waals surface area contributed by atoms with E-state index in [0.29, 0.717) is 11.4 Å². The summed E-state index contributed by atoms with van der Waals surface area (Å²) in [4.78, 5) is 25.4. The van der Waals surface area contributed by atoms with E-state index in [1.54, 1.807) is 34.9 Å². The number of nitrogens with zero attached hydrogens (tertiary/aromatic N) is 1. The Morgan fingerprint density at radius 2 is 1.55 bits per heavy atom. The molecule has 1 N–H and O–H groups in total. The van der Waals surface area contributed by atoms with Crippen LogP contribution in [0.1, 0.15) is 16.7 Å². The maximum atomic E-state index is 12.7. The average molecular weight is 412 g/mol. The van der Waals surface area contributed by atoms with Crippen molar-refractivity contribution in [2.24, 2.45) is 0 Å². The highest BCUT2D eigenvalue weighted by Crippen LogP contribution is 2.24. The lowest BCUT2D eigenvalue weighted by Crippen LogP contribution is -2.28. The van der Waals surface area contributed by atoms with Crippen molar-refractivity contribution in [3.05, 3.63) is 99.8 Å². The van der Waals surface area contributed by atoms with E-state index in [4.69, 9.17) is 4.74 Å². The molecule has 5 nitrogen and oxygen atoms in total. The third-order valence-corrected chi connectivity index (χ3v) is 5.16. The van der Waals surface area contributed by atoms with E-state index in [2.05, 4.69) is 11.4 Å². The van der Waals surface area contributed by atoms with Crippen molar-refractivity contribution in [1.29, 1.82) is 0 Å². The molecule has 4 aromatic rings. The minimum atomic E-state index is -0.260. The molecule has 0 aliphatic heterocycles. The smallest absolute Gasteiger partial charge is 0.251 e. The van der Waals surface area contributed by atoms with Gasteiger partial charge in [-0.1, -0.05) is 29.8 Å². The van der Waals surface area contributed by atoms with Crippen LogP contribution in [0.15, 0.2) is 77.6 Å². The first-order valence-electron chi connectivity index (χ1n) is 10.1. The predicted molar refractivity (Wildman–Crippen MR) is 124 cm³/mol. The van der Waals surface area contributed by atoms with Crippen LogP contribution in [-0.4, -0.2) is 10.5 Å². The van der Waals surface area contributed by atoms with E-state index in [1.807, 2.05) is 57.2 Å². The summed E-state index contributed by atoms with van der Waals surface area (Å²) in [7, 11) is 0. The summed E-state index contributed by atoms with van der Waals surface area (Å²) in [5.74, 6) is 1.16. The average Bonchev–Trinajstić information content (AvgIpc) is 2.73. The predicted octanol–water partition coefficient (Wildman–Crippen LogP) is 5.36. The SMILES string of the molecule is Cc1cc(C)c2c(c1)c(C)cc(=O)n2CC(=O)Nc1ccc(Oc2ccccc2)cc1. The maximum absolute atomic E-state index is 12.7. The van der Waals surface area contributed by atoms with Gasteiger partial charge in [0, 0.05) is 17.1 Å². The molecule has 5 heteroatoms. The number of carbonyl (C=O) groups excluding carboxylic acids is 1. The minimum Gasteiger partial charge on any atom is -0.457 e. The molecule has 0 radical (unpaired) electrons. The molecular formula is C26H24N2O3. The van der Waals surface area contributed by atoms with Crippen molar-refractivity contribution < 1.29 is 9.53 Å². The molecule has 0 aliphatic rings. The third-order valence-electron chi connectivity index (χ3n) is 5.16. The number of fused-ring (bicyclic) bond motifs is 1. The topological polar surface area (TPSA) is 60.3 Å². The van der Waals surface area contributed by atoms with Gasteiger partial charge in [-0.25, -0.2) is 0 Å². The monoisotopic (exact) mass is 412 g/mol. The zero-order valence-corrected chi connectivity index (χ0v) is 17.8. The van der Waals surface area contributed by atoms with E-state index in [0.717, 1.165) is 33.3 Å². The van der Waals surface area contributed by atoms with Crippen LogP contribution in [0.4, 0.5) is 5.69 Å². The first-order chi connectivity index (χ1) is 14.9. The molecule has 0 atom stereocenters. The standard InChI is InChI=1S/C26H24N2O3/c1-17-13-19(3)26-23(14-17)18(2)15-25(30)28(26)16-24(29)27-20-9-11-22(12-10-20)31-21-7-5-4-6-8-21/h4-15H,16H2,1-3H3,(H,27,29). The first-order valence-corrected chi connectivity index (χ1v) is 10.1. The van der Waals surface area contributed by atoms with Crippen LogP contribution >= 0.6 is 0 Å². The molecule has 0 spiro atoms. The van der Waals surface area contributed by atoms with Crippen LogP contribution < -0.4 is 15.6 Å². The van der Waals surface area contributed by atoms with Crippen molar-refractivity contribution >= 4 is 22.5 Å². The molecule has 0 unspecified atom stereocenters. The molecule has 0 bridgehead atoms. The number of para-hydroxylation sites is 1. The van der Waals surface area contributed by atoms with Crippen molar-refractivity contribution in [2.75, 3.05) is 5.32 Å². The number of hydrogen-bond donors (Lipinski definition) is 1. The largest absolute Gasteiger partial charge is 0.457 e. The summed E-state index contributed by atoms with van der Waals surface area (Å²) in [6, 6.07) is 22.3. The van der Waals surface area contributed by atoms with Crippen LogP contribution in [-0.2, 0) is 11.3 Å². The van der Waals surface area contributed by atoms with Gasteiger partial charge < -0.3 is 10.1 Å². The van der Waals surface area contributed by atoms with Gasteiger partial charge in [0.2, 0.25) is 5.91 Å². The number of rotatable bonds is 5. The fraction of sp³-hybridized carbons (Fsp3) is 0.154. The van der Waals surface area contributed by atoms with Gasteiger partial charge in [0.25, 0.3) is 5.56 Å². The number of aromatic nitrogens is 1. The molecule has 0 fully saturated rings. The number of pyridine rings is 1. The number of aryl methyl sites for hydroxylation is 3. The minimum absolute atomic E-state index is 0.0538. The van der Waals surface area contributed by atoms with Crippen LogP contribution in [0.5, 0.6) is 11.5 Å². The molecule has 0 aliphatic carbocycles. The second kappa shape index (κ2) is 8.48. The van der Waals surface area contributed by atoms with Gasteiger partial charge in [-0.3, -0.25) is 14.2 Å². The molecule has 1 amide bonds. The van der Waals surface area contributed by atoms with Gasteiger partial charge in [0.15, 0.2) is 0 Å². The Balaban J connectivity index is 1.53. The highest BCUT2D eigenvalue weighted by Gasteiger charge is 2.13. The Kier molecular flexibility index (Phi) is 5.58. The number of anilines is 1. The van der Waals surface area contributed by atoms with Crippen molar-refractivity contribution in [1.82, 2.24) is 4.57 Å². The fourth-order valence-corrected chi connectivity index (χ4v) is 3.80. The van der Waals surface area contributed by atoms with E-state index in [9.17, 15) is 9.59 Å². The summed E-state index contributed by atoms with van der Waals surface area (Å²) in [6.45, 7) is 5.86. The van der Waals surface area contributed by atoms with Crippen molar-refractivity contribution in [3.63, 3.8) is 0 Å². The molecule has 0 saturated heterocycles. The van der Waals surface area contributed by atoms with Gasteiger partial charge in [0.05, 0.1) is 5.52 Å². The van der Waals surface area contributed by atoms with Gasteiger partial charge in [-0.15, -0.1) is 0 Å². The molecule has 1 aromatic heterocycles. The molecule has 156 valence electrons. The van der Waals surface area contributed by atoms with E-state index < -0.39 is 0 Å². The van der Waals surface area contributed by atoms with E-state index in [1.165, 1.54) is 0 Å². The Hall–Kier alpha value is -3.86. The molecular weight excluding hydrogens is 388 g/mol. The lowest BCUT2D eigenvalue weighted by atomic mass is 10.0. The van der Waals surface area contributed by atoms with Crippen LogP contribution in [0.3, 0.4) is 0 Å². The molecule has 3 aromatic carbocycles. The van der Waals surface area contributed by atoms with E-state index in [-0.39, 0.29) is 18.0 Å². The Labute approximate surface area is 180 Å². The van der Waals surface area contributed by atoms with Crippen molar-refractivity contribution in [2.45, 2.75) is 27.3 Å². The third kappa shape index (κ3) is 4.51. The normalized spacial score (nSPS) is 10.8. The fourth-order valence-electron chi connectivity index (χ4n) is 3.80. The number of hydrogen-bond acceptors (Lipinski definition) is 3. The molecule has 0 saturated carbocycles. The summed E-state index contributed by atoms with van der Waals surface area (Å²) in [5, 5.41) is 3.86. The summed E-state index contributed by atoms with van der Waals surface area (Å²) in [6.07, 6.45) is 0. The van der Waals surface area contributed by atoms with Crippen molar-refractivity contribution in [3.8, 4) is 11.5 Å². The Morgan fingerprint density at radius 1 is 0.871 bits per heavy atom. The van der Waals surface area contributed by atoms with Gasteiger partial charge in [-0.2, -0.15) is 0 Å². The van der Waals surface area contributed by atoms with Gasteiger partial charge in [-0.05, 0) is 74.4 Å². The quantitative estimate of drug-likeness (QED) is 0.480.